The van der Waals surface area contributed by atoms with Gasteiger partial charge in [-0.2, -0.15) is 13.2 Å². The van der Waals surface area contributed by atoms with E-state index in [0.717, 1.165) is 12.5 Å². The van der Waals surface area contributed by atoms with E-state index in [2.05, 4.69) is 0 Å². The third kappa shape index (κ3) is 3.34. The Hall–Kier alpha value is -1.06. The van der Waals surface area contributed by atoms with Crippen molar-refractivity contribution < 1.29 is 36.9 Å². The van der Waals surface area contributed by atoms with Gasteiger partial charge in [-0.1, -0.05) is 0 Å². The first-order valence-corrected chi connectivity index (χ1v) is 8.15. The second-order valence-electron chi connectivity index (χ2n) is 6.21. The Balaban J connectivity index is 1.92. The maximum Gasteiger partial charge on any atom is 0.446 e. The molecule has 0 radical (unpaired) electrons. The second-order valence-corrected chi connectivity index (χ2v) is 7.32. The minimum Gasteiger partial charge on any atom is -0.490 e. The smallest absolute Gasteiger partial charge is 0.446 e. The van der Waals surface area contributed by atoms with Crippen LogP contribution in [0.3, 0.4) is 0 Å². The summed E-state index contributed by atoms with van der Waals surface area (Å²) in [5.41, 5.74) is -6.26. The van der Waals surface area contributed by atoms with Crippen LogP contribution in [0.25, 0.3) is 0 Å². The van der Waals surface area contributed by atoms with Gasteiger partial charge in [0, 0.05) is 22.4 Å². The Morgan fingerprint density at radius 2 is 1.92 bits per heavy atom. The molecule has 134 valence electrons. The van der Waals surface area contributed by atoms with Gasteiger partial charge in [0.05, 0.1) is 5.60 Å². The molecule has 0 aliphatic heterocycles. The van der Waals surface area contributed by atoms with E-state index in [1.807, 2.05) is 0 Å². The molecule has 1 aromatic rings. The van der Waals surface area contributed by atoms with Crippen molar-refractivity contribution in [3.63, 3.8) is 0 Å². The lowest BCUT2D eigenvalue weighted by molar-refractivity contribution is -0.0978. The van der Waals surface area contributed by atoms with Gasteiger partial charge in [-0.05, 0) is 43.2 Å². The number of thioether (sulfide) groups is 1. The van der Waals surface area contributed by atoms with Crippen molar-refractivity contribution in [2.75, 3.05) is 6.61 Å². The lowest BCUT2D eigenvalue weighted by atomic mass is 9.81. The number of hydrogen-bond donors (Lipinski definition) is 2. The van der Waals surface area contributed by atoms with E-state index < -0.39 is 51.8 Å². The molecule has 1 saturated carbocycles. The molecule has 0 amide bonds. The van der Waals surface area contributed by atoms with Gasteiger partial charge in [0.15, 0.2) is 0 Å². The summed E-state index contributed by atoms with van der Waals surface area (Å²) in [6, 6.07) is 2.20. The average molecular weight is 370 g/mol. The molecule has 1 aromatic carbocycles. The molecule has 3 rings (SSSR count). The normalized spacial score (nSPS) is 24.4. The van der Waals surface area contributed by atoms with Crippen molar-refractivity contribution in [1.82, 2.24) is 0 Å². The summed E-state index contributed by atoms with van der Waals surface area (Å²) in [4.78, 5) is -0.461. The molecule has 1 fully saturated rings. The highest BCUT2D eigenvalue weighted by Crippen LogP contribution is 2.52. The summed E-state index contributed by atoms with van der Waals surface area (Å²) in [6.07, 6.45) is -1.33. The molecule has 9 heteroatoms. The first-order valence-electron chi connectivity index (χ1n) is 7.33. The zero-order valence-corrected chi connectivity index (χ0v) is 13.2. The van der Waals surface area contributed by atoms with E-state index >= 15 is 0 Å². The fourth-order valence-corrected chi connectivity index (χ4v) is 3.67. The molecule has 24 heavy (non-hydrogen) atoms. The fourth-order valence-electron chi connectivity index (χ4n) is 2.94. The van der Waals surface area contributed by atoms with Crippen molar-refractivity contribution >= 4 is 11.8 Å². The fraction of sp³-hybridized carbons (Fsp3) is 0.600. The molecule has 0 spiro atoms. The largest absolute Gasteiger partial charge is 0.490 e. The number of fused-ring (bicyclic) bond motifs is 1. The zero-order chi connectivity index (χ0) is 17.8. The number of ether oxygens (including phenoxy) is 1. The van der Waals surface area contributed by atoms with Crippen LogP contribution >= 0.6 is 11.8 Å². The summed E-state index contributed by atoms with van der Waals surface area (Å²) in [6.45, 7) is -0.118. The van der Waals surface area contributed by atoms with Crippen LogP contribution in [-0.4, -0.2) is 33.9 Å². The molecule has 2 N–H and O–H groups in total. The first-order chi connectivity index (χ1) is 11.0. The summed E-state index contributed by atoms with van der Waals surface area (Å²) >= 11 is -0.540. The zero-order valence-electron chi connectivity index (χ0n) is 12.4. The Morgan fingerprint density at radius 3 is 2.46 bits per heavy atom. The van der Waals surface area contributed by atoms with Crippen LogP contribution in [0, 0.1) is 0 Å². The number of rotatable bonds is 4. The minimum absolute atomic E-state index is 0.0203. The van der Waals surface area contributed by atoms with E-state index in [9.17, 15) is 32.2 Å². The van der Waals surface area contributed by atoms with Crippen molar-refractivity contribution in [3.8, 4) is 5.75 Å². The molecule has 0 saturated heterocycles. The van der Waals surface area contributed by atoms with Crippen LogP contribution in [0.15, 0.2) is 17.0 Å². The summed E-state index contributed by atoms with van der Waals surface area (Å²) in [5.74, 6) is -3.58. The van der Waals surface area contributed by atoms with Crippen LogP contribution in [0.2, 0.25) is 0 Å². The Bertz CT molecular complexity index is 643. The van der Waals surface area contributed by atoms with Gasteiger partial charge in [-0.3, -0.25) is 0 Å². The van der Waals surface area contributed by atoms with Crippen molar-refractivity contribution in [3.05, 3.63) is 23.3 Å². The summed E-state index contributed by atoms with van der Waals surface area (Å²) in [5, 5.41) is 19.8. The SMILES string of the molecule is OC1c2c(SC(F)(F)F)ccc(OCC3(O)CCC3)c2CC1(F)F. The summed E-state index contributed by atoms with van der Waals surface area (Å²) in [7, 11) is 0. The molecule has 1 unspecified atom stereocenters. The number of halogens is 5. The number of benzene rings is 1. The van der Waals surface area contributed by atoms with Crippen LogP contribution in [0.1, 0.15) is 36.5 Å². The van der Waals surface area contributed by atoms with Crippen LogP contribution in [0.4, 0.5) is 22.0 Å². The quantitative estimate of drug-likeness (QED) is 0.625. The van der Waals surface area contributed by atoms with Crippen molar-refractivity contribution in [2.45, 2.75) is 53.7 Å². The van der Waals surface area contributed by atoms with Crippen molar-refractivity contribution in [1.29, 1.82) is 0 Å². The van der Waals surface area contributed by atoms with Gasteiger partial charge >= 0.3 is 5.51 Å². The topological polar surface area (TPSA) is 49.7 Å². The van der Waals surface area contributed by atoms with Gasteiger partial charge in [0.25, 0.3) is 5.92 Å². The van der Waals surface area contributed by atoms with E-state index in [-0.39, 0.29) is 17.9 Å². The third-order valence-corrected chi connectivity index (χ3v) is 5.17. The second kappa shape index (κ2) is 5.74. The Kier molecular flexibility index (Phi) is 4.25. The van der Waals surface area contributed by atoms with E-state index in [4.69, 9.17) is 4.74 Å². The van der Waals surface area contributed by atoms with E-state index in [0.29, 0.717) is 12.8 Å². The lowest BCUT2D eigenvalue weighted by Gasteiger charge is -2.36. The molecule has 0 bridgehead atoms. The number of aliphatic hydroxyl groups is 2. The molecule has 0 heterocycles. The summed E-state index contributed by atoms with van der Waals surface area (Å²) < 4.78 is 70.9. The average Bonchev–Trinajstić information content (AvgIpc) is 2.65. The third-order valence-electron chi connectivity index (χ3n) is 4.37. The Morgan fingerprint density at radius 1 is 1.25 bits per heavy atom. The number of alkyl halides is 5. The minimum atomic E-state index is -4.66. The van der Waals surface area contributed by atoms with Gasteiger partial charge in [0.1, 0.15) is 18.5 Å². The van der Waals surface area contributed by atoms with Gasteiger partial charge in [-0.25, -0.2) is 8.78 Å². The standard InChI is InChI=1S/C15H15F5O3S/c16-14(17)6-8-9(23-7-13(22)4-1-5-13)2-3-10(11(8)12(14)21)24-15(18,19)20/h2-3,12,21-22H,1,4-7H2. The van der Waals surface area contributed by atoms with Gasteiger partial charge < -0.3 is 14.9 Å². The molecule has 2 aliphatic carbocycles. The Labute approximate surface area is 138 Å². The lowest BCUT2D eigenvalue weighted by Crippen LogP contribution is -2.42. The molecule has 1 atom stereocenters. The molecule has 2 aliphatic rings. The molecular formula is C15H15F5O3S. The monoisotopic (exact) mass is 370 g/mol. The van der Waals surface area contributed by atoms with Crippen LogP contribution in [-0.2, 0) is 6.42 Å². The molecule has 3 nitrogen and oxygen atoms in total. The van der Waals surface area contributed by atoms with Gasteiger partial charge in [-0.15, -0.1) is 0 Å². The highest BCUT2D eigenvalue weighted by molar-refractivity contribution is 8.00. The van der Waals surface area contributed by atoms with Crippen LogP contribution < -0.4 is 4.74 Å². The molecule has 0 aromatic heterocycles. The first kappa shape index (κ1) is 17.8. The van der Waals surface area contributed by atoms with Gasteiger partial charge in [0.2, 0.25) is 0 Å². The maximum atomic E-state index is 13.8. The van der Waals surface area contributed by atoms with E-state index in [1.165, 1.54) is 6.07 Å². The van der Waals surface area contributed by atoms with E-state index in [1.54, 1.807) is 0 Å². The molecular weight excluding hydrogens is 355 g/mol. The van der Waals surface area contributed by atoms with Crippen molar-refractivity contribution in [2.24, 2.45) is 0 Å². The predicted octanol–water partition coefficient (Wildman–Crippen LogP) is 3.82. The number of aliphatic hydroxyl groups excluding tert-OH is 1. The predicted molar refractivity (Wildman–Crippen MR) is 76.3 cm³/mol. The van der Waals surface area contributed by atoms with Crippen LogP contribution in [0.5, 0.6) is 5.75 Å². The highest BCUT2D eigenvalue weighted by Gasteiger charge is 2.50. The highest BCUT2D eigenvalue weighted by atomic mass is 32.2. The number of hydrogen-bond acceptors (Lipinski definition) is 4. The maximum absolute atomic E-state index is 13.8.